The van der Waals surface area contributed by atoms with E-state index in [0.717, 1.165) is 11.3 Å². The first kappa shape index (κ1) is 20.2. The second-order valence-corrected chi connectivity index (χ2v) is 7.07. The van der Waals surface area contributed by atoms with Crippen molar-refractivity contribution >= 4 is 28.1 Å². The van der Waals surface area contributed by atoms with Crippen LogP contribution in [0, 0.1) is 17.0 Å². The number of carbonyl (C=O) groups is 1. The van der Waals surface area contributed by atoms with Crippen molar-refractivity contribution in [1.29, 1.82) is 0 Å². The maximum Gasteiger partial charge on any atom is 0.282 e. The van der Waals surface area contributed by atoms with E-state index in [1.165, 1.54) is 36.6 Å². The van der Waals surface area contributed by atoms with Crippen molar-refractivity contribution in [2.75, 3.05) is 19.0 Å². The Balaban J connectivity index is 1.62. The Hall–Kier alpha value is -3.53. The highest BCUT2D eigenvalue weighted by Gasteiger charge is 2.22. The normalized spacial score (nSPS) is 10.4. The summed E-state index contributed by atoms with van der Waals surface area (Å²) < 4.78 is 10.7. The molecular weight excluding hydrogens is 396 g/mol. The van der Waals surface area contributed by atoms with E-state index in [9.17, 15) is 14.9 Å². The summed E-state index contributed by atoms with van der Waals surface area (Å²) >= 11 is 1.18. The van der Waals surface area contributed by atoms with Gasteiger partial charge in [0, 0.05) is 12.5 Å². The number of aromatic nitrogens is 2. The number of ether oxygens (including phenoxy) is 2. The fourth-order valence-electron chi connectivity index (χ4n) is 2.51. The van der Waals surface area contributed by atoms with Crippen molar-refractivity contribution in [1.82, 2.24) is 10.2 Å². The minimum Gasteiger partial charge on any atom is -0.497 e. The van der Waals surface area contributed by atoms with Gasteiger partial charge in [-0.05, 0) is 36.8 Å². The first-order chi connectivity index (χ1) is 14.0. The molecule has 9 nitrogen and oxygen atoms in total. The van der Waals surface area contributed by atoms with Gasteiger partial charge in [-0.3, -0.25) is 20.2 Å². The second-order valence-electron chi connectivity index (χ2n) is 6.01. The number of nitro benzene ring substituents is 1. The minimum atomic E-state index is -0.658. The molecule has 0 saturated carbocycles. The molecule has 0 unspecified atom stereocenters. The fourth-order valence-corrected chi connectivity index (χ4v) is 3.23. The summed E-state index contributed by atoms with van der Waals surface area (Å²) in [7, 11) is 1.42. The van der Waals surface area contributed by atoms with Gasteiger partial charge in [-0.2, -0.15) is 0 Å². The minimum absolute atomic E-state index is 0.117. The van der Waals surface area contributed by atoms with Gasteiger partial charge in [0.15, 0.2) is 0 Å². The van der Waals surface area contributed by atoms with Crippen molar-refractivity contribution in [3.63, 3.8) is 0 Å². The van der Waals surface area contributed by atoms with Crippen molar-refractivity contribution in [3.05, 3.63) is 68.7 Å². The SMILES string of the molecule is COc1ccc([N+](=O)[O-])c(C(=O)Nc2nnc(CCOc3cccc(C)c3)s2)c1. The molecule has 0 aliphatic rings. The number of anilines is 1. The fraction of sp³-hybridized carbons (Fsp3) is 0.211. The molecule has 0 fully saturated rings. The first-order valence-corrected chi connectivity index (χ1v) is 9.43. The van der Waals surface area contributed by atoms with Gasteiger partial charge in [-0.1, -0.05) is 23.5 Å². The van der Waals surface area contributed by atoms with Crippen LogP contribution in [0.15, 0.2) is 42.5 Å². The lowest BCUT2D eigenvalue weighted by Crippen LogP contribution is -2.14. The maximum atomic E-state index is 12.5. The zero-order valence-electron chi connectivity index (χ0n) is 15.7. The molecular formula is C19H18N4O5S. The predicted molar refractivity (Wildman–Crippen MR) is 108 cm³/mol. The number of nitrogens with one attached hydrogen (secondary N) is 1. The number of nitrogens with zero attached hydrogens (tertiary/aromatic N) is 3. The average molecular weight is 414 g/mol. The van der Waals surface area contributed by atoms with E-state index >= 15 is 0 Å². The van der Waals surface area contributed by atoms with Gasteiger partial charge in [0.1, 0.15) is 22.1 Å². The first-order valence-electron chi connectivity index (χ1n) is 8.62. The molecule has 0 saturated heterocycles. The van der Waals surface area contributed by atoms with Crippen LogP contribution in [0.5, 0.6) is 11.5 Å². The lowest BCUT2D eigenvalue weighted by molar-refractivity contribution is -0.385. The Morgan fingerprint density at radius 3 is 2.76 bits per heavy atom. The van der Waals surface area contributed by atoms with Gasteiger partial charge < -0.3 is 9.47 Å². The number of aryl methyl sites for hydroxylation is 1. The van der Waals surface area contributed by atoms with E-state index < -0.39 is 10.8 Å². The summed E-state index contributed by atoms with van der Waals surface area (Å²) in [5.74, 6) is 0.453. The summed E-state index contributed by atoms with van der Waals surface area (Å²) in [5, 5.41) is 22.6. The third-order valence-electron chi connectivity index (χ3n) is 3.91. The van der Waals surface area contributed by atoms with Crippen molar-refractivity contribution in [2.24, 2.45) is 0 Å². The Kier molecular flexibility index (Phi) is 6.35. The molecule has 10 heteroatoms. The number of rotatable bonds is 8. The summed E-state index contributed by atoms with van der Waals surface area (Å²) in [5.41, 5.74) is 0.670. The molecule has 3 rings (SSSR count). The molecule has 150 valence electrons. The van der Waals surface area contributed by atoms with Crippen LogP contribution in [0.2, 0.25) is 0 Å². The van der Waals surface area contributed by atoms with E-state index in [2.05, 4.69) is 15.5 Å². The summed E-state index contributed by atoms with van der Waals surface area (Å²) in [4.78, 5) is 23.1. The van der Waals surface area contributed by atoms with Gasteiger partial charge in [0.2, 0.25) is 5.13 Å². The zero-order valence-corrected chi connectivity index (χ0v) is 16.6. The third kappa shape index (κ3) is 5.26. The van der Waals surface area contributed by atoms with Crippen LogP contribution in [0.4, 0.5) is 10.8 Å². The van der Waals surface area contributed by atoms with Crippen molar-refractivity contribution in [3.8, 4) is 11.5 Å². The largest absolute Gasteiger partial charge is 0.497 e. The quantitative estimate of drug-likeness (QED) is 0.442. The standard InChI is InChI=1S/C19H18N4O5S/c1-12-4-3-5-14(10-12)28-9-8-17-21-22-19(29-17)20-18(24)15-11-13(27-2)6-7-16(15)23(25)26/h3-7,10-11H,8-9H2,1-2H3,(H,20,22,24). The lowest BCUT2D eigenvalue weighted by atomic mass is 10.1. The maximum absolute atomic E-state index is 12.5. The number of benzene rings is 2. The molecule has 1 aromatic heterocycles. The Labute approximate surface area is 170 Å². The number of hydrogen-bond acceptors (Lipinski definition) is 8. The molecule has 1 N–H and O–H groups in total. The molecule has 29 heavy (non-hydrogen) atoms. The van der Waals surface area contributed by atoms with E-state index in [0.29, 0.717) is 23.8 Å². The van der Waals surface area contributed by atoms with Crippen molar-refractivity contribution in [2.45, 2.75) is 13.3 Å². The summed E-state index contributed by atoms with van der Waals surface area (Å²) in [6.07, 6.45) is 0.515. The molecule has 0 atom stereocenters. The highest BCUT2D eigenvalue weighted by atomic mass is 32.1. The van der Waals surface area contributed by atoms with Crippen LogP contribution in [0.1, 0.15) is 20.9 Å². The van der Waals surface area contributed by atoms with Gasteiger partial charge in [0.25, 0.3) is 11.6 Å². The van der Waals surface area contributed by atoms with E-state index in [-0.39, 0.29) is 16.4 Å². The van der Waals surface area contributed by atoms with E-state index in [1.807, 2.05) is 31.2 Å². The van der Waals surface area contributed by atoms with Gasteiger partial charge in [0.05, 0.1) is 18.6 Å². The molecule has 0 aliphatic heterocycles. The van der Waals surface area contributed by atoms with Crippen LogP contribution in [0.3, 0.4) is 0 Å². The third-order valence-corrected chi connectivity index (χ3v) is 4.81. The van der Waals surface area contributed by atoms with Gasteiger partial charge >= 0.3 is 0 Å². The summed E-state index contributed by atoms with van der Waals surface area (Å²) in [6.45, 7) is 2.40. The second kappa shape index (κ2) is 9.11. The predicted octanol–water partition coefficient (Wildman–Crippen LogP) is 3.64. The lowest BCUT2D eigenvalue weighted by Gasteiger charge is -2.05. The molecule has 1 heterocycles. The van der Waals surface area contributed by atoms with Crippen LogP contribution in [0.25, 0.3) is 0 Å². The smallest absolute Gasteiger partial charge is 0.282 e. The average Bonchev–Trinajstić information content (AvgIpc) is 3.14. The highest BCUT2D eigenvalue weighted by molar-refractivity contribution is 7.15. The Morgan fingerprint density at radius 2 is 2.03 bits per heavy atom. The number of amides is 1. The number of methoxy groups -OCH3 is 1. The van der Waals surface area contributed by atoms with Gasteiger partial charge in [-0.25, -0.2) is 0 Å². The molecule has 0 radical (unpaired) electrons. The van der Waals surface area contributed by atoms with E-state index in [1.54, 1.807) is 0 Å². The van der Waals surface area contributed by atoms with Crippen LogP contribution < -0.4 is 14.8 Å². The van der Waals surface area contributed by atoms with E-state index in [4.69, 9.17) is 9.47 Å². The highest BCUT2D eigenvalue weighted by Crippen LogP contribution is 2.26. The topological polar surface area (TPSA) is 116 Å². The molecule has 3 aromatic rings. The molecule has 2 aromatic carbocycles. The number of nitro groups is 1. The molecule has 0 aliphatic carbocycles. The van der Waals surface area contributed by atoms with Crippen LogP contribution in [-0.4, -0.2) is 34.7 Å². The Morgan fingerprint density at radius 1 is 1.21 bits per heavy atom. The Bertz CT molecular complexity index is 1040. The van der Waals surface area contributed by atoms with Gasteiger partial charge in [-0.15, -0.1) is 10.2 Å². The number of hydrogen-bond donors (Lipinski definition) is 1. The monoisotopic (exact) mass is 414 g/mol. The number of carbonyl (C=O) groups excluding carboxylic acids is 1. The van der Waals surface area contributed by atoms with Crippen LogP contribution in [-0.2, 0) is 6.42 Å². The molecule has 0 spiro atoms. The summed E-state index contributed by atoms with van der Waals surface area (Å²) in [6, 6.07) is 11.7. The zero-order chi connectivity index (χ0) is 20.8. The molecule has 0 bridgehead atoms. The van der Waals surface area contributed by atoms with Crippen LogP contribution >= 0.6 is 11.3 Å². The van der Waals surface area contributed by atoms with Crippen molar-refractivity contribution < 1.29 is 19.2 Å². The molecule has 1 amide bonds.